The van der Waals surface area contributed by atoms with E-state index in [1.165, 1.54) is 32.4 Å². The zero-order chi connectivity index (χ0) is 16.5. The summed E-state index contributed by atoms with van der Waals surface area (Å²) in [6, 6.07) is 4.06. The second-order valence-corrected chi connectivity index (χ2v) is 6.14. The molecule has 1 aliphatic rings. The normalized spacial score (nSPS) is 15.5. The molecule has 0 unspecified atom stereocenters. The molecule has 0 spiro atoms. The maximum atomic E-state index is 4.42. The van der Waals surface area contributed by atoms with Crippen molar-refractivity contribution in [2.24, 2.45) is 4.99 Å². The minimum absolute atomic E-state index is 0. The zero-order valence-corrected chi connectivity index (χ0v) is 17.4. The van der Waals surface area contributed by atoms with E-state index in [1.807, 2.05) is 38.3 Å². The van der Waals surface area contributed by atoms with Crippen LogP contribution < -0.4 is 15.5 Å². The highest BCUT2D eigenvalue weighted by Crippen LogP contribution is 2.13. The molecule has 2 N–H and O–H groups in total. The van der Waals surface area contributed by atoms with Gasteiger partial charge >= 0.3 is 0 Å². The first-order chi connectivity index (χ1) is 11.2. The maximum absolute atomic E-state index is 4.42. The van der Waals surface area contributed by atoms with E-state index in [4.69, 9.17) is 0 Å². The van der Waals surface area contributed by atoms with E-state index in [9.17, 15) is 0 Å². The van der Waals surface area contributed by atoms with E-state index in [1.54, 1.807) is 0 Å². The molecule has 0 aliphatic carbocycles. The lowest BCUT2D eigenvalue weighted by molar-refractivity contribution is 0.232. The van der Waals surface area contributed by atoms with Gasteiger partial charge in [-0.2, -0.15) is 0 Å². The quantitative estimate of drug-likeness (QED) is 0.398. The molecule has 7 heteroatoms. The lowest BCUT2D eigenvalue weighted by atomic mass is 10.1. The molecule has 1 aromatic rings. The third kappa shape index (κ3) is 6.80. The number of pyridine rings is 1. The van der Waals surface area contributed by atoms with Crippen LogP contribution >= 0.6 is 24.0 Å². The second kappa shape index (κ2) is 11.5. The van der Waals surface area contributed by atoms with E-state index in [2.05, 4.69) is 31.6 Å². The Bertz CT molecular complexity index is 500. The van der Waals surface area contributed by atoms with Crippen LogP contribution in [0.3, 0.4) is 0 Å². The molecule has 2 heterocycles. The number of aliphatic imine (C=N–C) groups is 1. The van der Waals surface area contributed by atoms with E-state index >= 15 is 0 Å². The molecule has 2 rings (SSSR count). The Hall–Kier alpha value is -1.09. The molecule has 1 aliphatic heterocycles. The number of piperidine rings is 1. The van der Waals surface area contributed by atoms with Crippen LogP contribution in [0, 0.1) is 0 Å². The van der Waals surface area contributed by atoms with Gasteiger partial charge in [0, 0.05) is 52.5 Å². The molecular formula is C17H31IN6. The van der Waals surface area contributed by atoms with Crippen LogP contribution in [-0.4, -0.2) is 63.2 Å². The molecule has 1 saturated heterocycles. The summed E-state index contributed by atoms with van der Waals surface area (Å²) in [4.78, 5) is 13.3. The summed E-state index contributed by atoms with van der Waals surface area (Å²) in [7, 11) is 5.83. The lowest BCUT2D eigenvalue weighted by Gasteiger charge is -2.26. The molecule has 6 nitrogen and oxygen atoms in total. The van der Waals surface area contributed by atoms with Gasteiger partial charge < -0.3 is 20.4 Å². The maximum Gasteiger partial charge on any atom is 0.191 e. The predicted molar refractivity (Wildman–Crippen MR) is 112 cm³/mol. The van der Waals surface area contributed by atoms with Crippen molar-refractivity contribution < 1.29 is 0 Å². The third-order valence-corrected chi connectivity index (χ3v) is 4.13. The molecule has 0 radical (unpaired) electrons. The minimum atomic E-state index is 0. The number of hydrogen-bond donors (Lipinski definition) is 2. The van der Waals surface area contributed by atoms with Gasteiger partial charge in [-0.25, -0.2) is 4.98 Å². The lowest BCUT2D eigenvalue weighted by Crippen LogP contribution is -2.42. The number of aromatic nitrogens is 1. The Morgan fingerprint density at radius 2 is 2.00 bits per heavy atom. The molecule has 0 aromatic carbocycles. The number of likely N-dealkylation sites (tertiary alicyclic amines) is 1. The third-order valence-electron chi connectivity index (χ3n) is 4.13. The van der Waals surface area contributed by atoms with Gasteiger partial charge in [-0.3, -0.25) is 4.99 Å². The van der Waals surface area contributed by atoms with Gasteiger partial charge in [0.25, 0.3) is 0 Å². The Kier molecular flexibility index (Phi) is 10.0. The average Bonchev–Trinajstić information content (AvgIpc) is 2.59. The Balaban J connectivity index is 0.00000288. The van der Waals surface area contributed by atoms with Crippen LogP contribution in [0.4, 0.5) is 5.82 Å². The average molecular weight is 446 g/mol. The predicted octanol–water partition coefficient (Wildman–Crippen LogP) is 1.92. The highest BCUT2D eigenvalue weighted by atomic mass is 127. The number of hydrogen-bond acceptors (Lipinski definition) is 4. The fourth-order valence-corrected chi connectivity index (χ4v) is 2.89. The van der Waals surface area contributed by atoms with Gasteiger partial charge in [-0.05, 0) is 32.0 Å². The van der Waals surface area contributed by atoms with Crippen molar-refractivity contribution in [3.8, 4) is 0 Å². The van der Waals surface area contributed by atoms with E-state index in [0.717, 1.165) is 30.4 Å². The van der Waals surface area contributed by atoms with Crippen LogP contribution in [0.1, 0.15) is 24.8 Å². The number of rotatable bonds is 6. The van der Waals surface area contributed by atoms with Crippen molar-refractivity contribution in [3.05, 3.63) is 23.9 Å². The van der Waals surface area contributed by atoms with Gasteiger partial charge in [-0.15, -0.1) is 24.0 Å². The highest BCUT2D eigenvalue weighted by Gasteiger charge is 2.10. The Morgan fingerprint density at radius 3 is 2.67 bits per heavy atom. The van der Waals surface area contributed by atoms with Crippen LogP contribution in [0.5, 0.6) is 0 Å². The van der Waals surface area contributed by atoms with Gasteiger partial charge in [0.2, 0.25) is 0 Å². The first-order valence-electron chi connectivity index (χ1n) is 8.49. The largest absolute Gasteiger partial charge is 0.362 e. The van der Waals surface area contributed by atoms with Crippen LogP contribution in [0.2, 0.25) is 0 Å². The van der Waals surface area contributed by atoms with Crippen LogP contribution in [0.25, 0.3) is 0 Å². The van der Waals surface area contributed by atoms with Crippen molar-refractivity contribution in [1.29, 1.82) is 0 Å². The first kappa shape index (κ1) is 21.0. The highest BCUT2D eigenvalue weighted by molar-refractivity contribution is 14.0. The summed E-state index contributed by atoms with van der Waals surface area (Å²) in [5.41, 5.74) is 1.16. The smallest absolute Gasteiger partial charge is 0.191 e. The van der Waals surface area contributed by atoms with Crippen molar-refractivity contribution in [2.45, 2.75) is 25.8 Å². The Morgan fingerprint density at radius 1 is 1.25 bits per heavy atom. The van der Waals surface area contributed by atoms with Crippen molar-refractivity contribution in [3.63, 3.8) is 0 Å². The van der Waals surface area contributed by atoms with Crippen molar-refractivity contribution in [1.82, 2.24) is 20.5 Å². The zero-order valence-electron chi connectivity index (χ0n) is 15.1. The first-order valence-corrected chi connectivity index (χ1v) is 8.49. The summed E-state index contributed by atoms with van der Waals surface area (Å²) in [5, 5.41) is 6.77. The number of nitrogens with one attached hydrogen (secondary N) is 2. The molecule has 136 valence electrons. The molecule has 0 atom stereocenters. The monoisotopic (exact) mass is 446 g/mol. The molecule has 1 aromatic heterocycles. The molecule has 1 fully saturated rings. The summed E-state index contributed by atoms with van der Waals surface area (Å²) in [5.74, 6) is 1.83. The second-order valence-electron chi connectivity index (χ2n) is 6.14. The van der Waals surface area contributed by atoms with Gasteiger partial charge in [0.05, 0.1) is 0 Å². The summed E-state index contributed by atoms with van der Waals surface area (Å²) >= 11 is 0. The SMILES string of the molecule is CN=C(NCCN1CCCCC1)NCc1cccnc1N(C)C.I. The van der Waals surface area contributed by atoms with E-state index < -0.39 is 0 Å². The topological polar surface area (TPSA) is 55.8 Å². The summed E-state index contributed by atoms with van der Waals surface area (Å²) < 4.78 is 0. The number of halogens is 1. The van der Waals surface area contributed by atoms with Crippen LogP contribution in [-0.2, 0) is 6.54 Å². The molecule has 0 saturated carbocycles. The molecule has 0 bridgehead atoms. The van der Waals surface area contributed by atoms with Gasteiger partial charge in [0.1, 0.15) is 5.82 Å². The fourth-order valence-electron chi connectivity index (χ4n) is 2.89. The van der Waals surface area contributed by atoms with Crippen LogP contribution in [0.15, 0.2) is 23.3 Å². The van der Waals surface area contributed by atoms with E-state index in [-0.39, 0.29) is 24.0 Å². The minimum Gasteiger partial charge on any atom is -0.362 e. The fraction of sp³-hybridized carbons (Fsp3) is 0.647. The van der Waals surface area contributed by atoms with Gasteiger partial charge in [0.15, 0.2) is 5.96 Å². The summed E-state index contributed by atoms with van der Waals surface area (Å²) in [6.07, 6.45) is 5.87. The standard InChI is InChI=1S/C17H30N6.HI/c1-18-17(20-10-13-23-11-5-4-6-12-23)21-14-15-8-7-9-19-16(15)22(2)3;/h7-9H,4-6,10-14H2,1-3H3,(H2,18,20,21);1H. The Labute approximate surface area is 163 Å². The molecule has 24 heavy (non-hydrogen) atoms. The number of nitrogens with zero attached hydrogens (tertiary/aromatic N) is 4. The number of guanidine groups is 1. The van der Waals surface area contributed by atoms with Gasteiger partial charge in [-0.1, -0.05) is 12.5 Å². The number of anilines is 1. The summed E-state index contributed by atoms with van der Waals surface area (Å²) in [6.45, 7) is 5.18. The molecular weight excluding hydrogens is 415 g/mol. The van der Waals surface area contributed by atoms with Crippen molar-refractivity contribution >= 4 is 35.8 Å². The van der Waals surface area contributed by atoms with Crippen molar-refractivity contribution in [2.75, 3.05) is 52.2 Å². The molecule has 0 amide bonds. The van der Waals surface area contributed by atoms with E-state index in [0.29, 0.717) is 6.54 Å².